The Labute approximate surface area is 545 Å². The van der Waals surface area contributed by atoms with Crippen molar-refractivity contribution in [3.8, 4) is 0 Å². The Hall–Kier alpha value is -5.15. The van der Waals surface area contributed by atoms with Gasteiger partial charge in [-0.15, -0.1) is 0 Å². The number of rotatable bonds is 63. The van der Waals surface area contributed by atoms with Crippen molar-refractivity contribution >= 4 is 19.8 Å². The zero-order valence-electron chi connectivity index (χ0n) is 56.1. The van der Waals surface area contributed by atoms with Crippen LogP contribution in [0.25, 0.3) is 0 Å². The summed E-state index contributed by atoms with van der Waals surface area (Å²) in [6, 6.07) is 0. The van der Waals surface area contributed by atoms with Crippen molar-refractivity contribution in [2.45, 2.75) is 264 Å². The van der Waals surface area contributed by atoms with Gasteiger partial charge in [-0.3, -0.25) is 18.6 Å². The molecule has 3 N–H and O–H groups in total. The maximum absolute atomic E-state index is 12.8. The summed E-state index contributed by atoms with van der Waals surface area (Å²) in [5, 5.41) is 0. The molecule has 0 aromatic rings. The van der Waals surface area contributed by atoms with Crippen LogP contribution in [0.5, 0.6) is 0 Å². The number of allylic oxidation sites excluding steroid dienone is 32. The fourth-order valence-electron chi connectivity index (χ4n) is 8.90. The molecule has 2 atom stereocenters. The first-order chi connectivity index (χ1) is 43.8. The van der Waals surface area contributed by atoms with Crippen molar-refractivity contribution in [2.75, 3.05) is 26.4 Å². The lowest BCUT2D eigenvalue weighted by Crippen LogP contribution is -2.29. The second kappa shape index (κ2) is 71.9. The molecule has 0 fully saturated rings. The highest BCUT2D eigenvalue weighted by Gasteiger charge is 2.26. The van der Waals surface area contributed by atoms with Gasteiger partial charge in [0.25, 0.3) is 0 Å². The van der Waals surface area contributed by atoms with Gasteiger partial charge in [-0.25, -0.2) is 4.57 Å². The van der Waals surface area contributed by atoms with E-state index in [0.29, 0.717) is 12.8 Å². The van der Waals surface area contributed by atoms with E-state index >= 15 is 0 Å². The first-order valence-electron chi connectivity index (χ1n) is 34.9. The van der Waals surface area contributed by atoms with Gasteiger partial charge in [0.2, 0.25) is 0 Å². The van der Waals surface area contributed by atoms with Crippen LogP contribution in [-0.2, 0) is 32.7 Å². The van der Waals surface area contributed by atoms with E-state index in [9.17, 15) is 19.0 Å². The van der Waals surface area contributed by atoms with Crippen molar-refractivity contribution in [3.05, 3.63) is 194 Å². The molecule has 89 heavy (non-hydrogen) atoms. The van der Waals surface area contributed by atoms with Gasteiger partial charge in [-0.05, 0) is 141 Å². The number of phosphoric acid groups is 1. The Balaban J connectivity index is 4.00. The predicted octanol–water partition coefficient (Wildman–Crippen LogP) is 23.3. The average Bonchev–Trinajstić information content (AvgIpc) is 3.68. The molecule has 0 rings (SSSR count). The maximum atomic E-state index is 12.8. The van der Waals surface area contributed by atoms with Crippen LogP contribution in [0.2, 0.25) is 0 Å². The van der Waals surface area contributed by atoms with E-state index in [-0.39, 0.29) is 32.6 Å². The zero-order valence-corrected chi connectivity index (χ0v) is 57.0. The molecule has 0 aliphatic rings. The Bertz CT molecular complexity index is 2160. The molecule has 0 aliphatic carbocycles. The first kappa shape index (κ1) is 83.8. The van der Waals surface area contributed by atoms with E-state index in [4.69, 9.17) is 24.3 Å². The molecule has 0 radical (unpaired) electrons. The monoisotopic (exact) mass is 1250 g/mol. The van der Waals surface area contributed by atoms with E-state index in [1.165, 1.54) is 64.2 Å². The highest BCUT2D eigenvalue weighted by Crippen LogP contribution is 2.43. The number of unbranched alkanes of at least 4 members (excludes halogenated alkanes) is 18. The SMILES string of the molecule is CC/C=C\C/C=C\C/C=C\C/C=C\C/C=C\C/C=C\C/C=C\C/C=C\C/C=C\CCCCCCCCCCCCCC(=O)OC(COC(=O)CCCCCCCCC/C=C\C/C=C\C/C=C\C/C=C\C/C=C\C/C=C\C/C=C\CC)COP(=O)(O)OCCN. The summed E-state index contributed by atoms with van der Waals surface area (Å²) in [6.07, 6.45) is 109. The minimum Gasteiger partial charge on any atom is -0.462 e. The van der Waals surface area contributed by atoms with Crippen molar-refractivity contribution in [3.63, 3.8) is 0 Å². The number of hydrogen-bond donors (Lipinski definition) is 2. The third-order valence-corrected chi connectivity index (χ3v) is 15.0. The third-order valence-electron chi connectivity index (χ3n) is 14.0. The summed E-state index contributed by atoms with van der Waals surface area (Å²) in [6.45, 7) is 3.48. The summed E-state index contributed by atoms with van der Waals surface area (Å²) in [4.78, 5) is 35.4. The summed E-state index contributed by atoms with van der Waals surface area (Å²) >= 11 is 0. The summed E-state index contributed by atoms with van der Waals surface area (Å²) in [5.41, 5.74) is 5.40. The predicted molar refractivity (Wildman–Crippen MR) is 385 cm³/mol. The van der Waals surface area contributed by atoms with Crippen LogP contribution in [0.1, 0.15) is 258 Å². The maximum Gasteiger partial charge on any atom is 0.472 e. The van der Waals surface area contributed by atoms with Crippen LogP contribution in [0.3, 0.4) is 0 Å². The van der Waals surface area contributed by atoms with Gasteiger partial charge < -0.3 is 20.1 Å². The average molecular weight is 1250 g/mol. The van der Waals surface area contributed by atoms with Crippen LogP contribution in [0, 0.1) is 0 Å². The first-order valence-corrected chi connectivity index (χ1v) is 36.4. The molecule has 0 aliphatic heterocycles. The lowest BCUT2D eigenvalue weighted by Gasteiger charge is -2.19. The summed E-state index contributed by atoms with van der Waals surface area (Å²) in [7, 11) is -4.41. The molecule has 0 aromatic carbocycles. The van der Waals surface area contributed by atoms with Crippen LogP contribution in [0.15, 0.2) is 194 Å². The van der Waals surface area contributed by atoms with Gasteiger partial charge in [-0.1, -0.05) is 298 Å². The Kier molecular flexibility index (Phi) is 67.8. The number of carbonyl (C=O) groups excluding carboxylic acids is 2. The minimum absolute atomic E-state index is 0.0414. The van der Waals surface area contributed by atoms with Crippen molar-refractivity contribution < 1.29 is 37.6 Å². The fourth-order valence-corrected chi connectivity index (χ4v) is 9.67. The smallest absolute Gasteiger partial charge is 0.462 e. The van der Waals surface area contributed by atoms with E-state index in [1.807, 2.05) is 0 Å². The van der Waals surface area contributed by atoms with Gasteiger partial charge in [0, 0.05) is 19.4 Å². The van der Waals surface area contributed by atoms with Gasteiger partial charge in [0.1, 0.15) is 6.61 Å². The van der Waals surface area contributed by atoms with Crippen LogP contribution >= 0.6 is 7.82 Å². The van der Waals surface area contributed by atoms with E-state index in [0.717, 1.165) is 154 Å². The second-order valence-electron chi connectivity index (χ2n) is 22.3. The molecule has 0 saturated heterocycles. The molecule has 0 heterocycles. The molecule has 2 unspecified atom stereocenters. The third kappa shape index (κ3) is 71.8. The number of nitrogens with two attached hydrogens (primary N) is 1. The van der Waals surface area contributed by atoms with Crippen LogP contribution in [0.4, 0.5) is 0 Å². The van der Waals surface area contributed by atoms with Crippen LogP contribution < -0.4 is 5.73 Å². The highest BCUT2D eigenvalue weighted by atomic mass is 31.2. The molecular formula is C79H126NO8P. The van der Waals surface area contributed by atoms with Gasteiger partial charge in [0.05, 0.1) is 13.2 Å². The highest BCUT2D eigenvalue weighted by molar-refractivity contribution is 7.47. The number of ether oxygens (including phenoxy) is 2. The van der Waals surface area contributed by atoms with Crippen LogP contribution in [-0.4, -0.2) is 49.3 Å². The Morgan fingerprint density at radius 1 is 0.337 bits per heavy atom. The topological polar surface area (TPSA) is 134 Å². The Morgan fingerprint density at radius 3 is 0.865 bits per heavy atom. The second-order valence-corrected chi connectivity index (χ2v) is 23.7. The normalized spacial score (nSPS) is 14.2. The molecule has 0 amide bonds. The molecule has 10 heteroatoms. The fraction of sp³-hybridized carbons (Fsp3) is 0.570. The van der Waals surface area contributed by atoms with Gasteiger partial charge >= 0.3 is 19.8 Å². The zero-order chi connectivity index (χ0) is 64.4. The summed E-state index contributed by atoms with van der Waals surface area (Å²) < 4.78 is 33.2. The Morgan fingerprint density at radius 2 is 0.584 bits per heavy atom. The molecule has 9 nitrogen and oxygen atoms in total. The molecule has 500 valence electrons. The van der Waals surface area contributed by atoms with E-state index in [2.05, 4.69) is 208 Å². The van der Waals surface area contributed by atoms with Crippen molar-refractivity contribution in [1.82, 2.24) is 0 Å². The number of hydrogen-bond acceptors (Lipinski definition) is 8. The largest absolute Gasteiger partial charge is 0.472 e. The van der Waals surface area contributed by atoms with Crippen molar-refractivity contribution in [2.24, 2.45) is 5.73 Å². The number of phosphoric ester groups is 1. The van der Waals surface area contributed by atoms with Gasteiger partial charge in [-0.2, -0.15) is 0 Å². The quantitative estimate of drug-likeness (QED) is 0.0264. The van der Waals surface area contributed by atoms with E-state index in [1.54, 1.807) is 0 Å². The standard InChI is InChI=1S/C79H126NO8P/c1-3-5-7-9-11-13-15-17-19-21-23-25-27-29-31-33-34-35-36-37-38-39-40-41-42-44-46-48-50-52-54-56-58-60-62-64-66-68-70-72-79(82)88-77(76-87-89(83,84)86-74-73-80)75-85-78(81)71-69-67-65-63-61-59-57-55-53-51-49-47-45-43-32-30-28-26-24-22-20-18-16-14-12-10-8-6-4-2/h5-8,11-14,17-20,23-26,29-32,34-35,37-38,40-41,44-47,51,53,77H,3-4,9-10,15-16,21-22,27-28,33,36,39,42-43,48-50,52,54-76,80H2,1-2H3,(H,83,84)/b7-5-,8-6-,13-11-,14-12-,19-17-,20-18-,25-23-,26-24-,31-29-,32-30-,35-34-,38-37-,41-40-,46-44-,47-45-,53-51-. The van der Waals surface area contributed by atoms with Gasteiger partial charge in [0.15, 0.2) is 6.10 Å². The lowest BCUT2D eigenvalue weighted by atomic mass is 10.0. The van der Waals surface area contributed by atoms with E-state index < -0.39 is 32.5 Å². The molecule has 0 aromatic heterocycles. The summed E-state index contributed by atoms with van der Waals surface area (Å²) in [5.74, 6) is -0.855. The number of esters is 2. The molecule has 0 bridgehead atoms. The minimum atomic E-state index is -4.41. The molecule has 0 saturated carbocycles. The lowest BCUT2D eigenvalue weighted by molar-refractivity contribution is -0.161. The molecular weight excluding hydrogens is 1120 g/mol. The molecule has 0 spiro atoms. The number of carbonyl (C=O) groups is 2. The van der Waals surface area contributed by atoms with Crippen molar-refractivity contribution in [1.29, 1.82) is 0 Å².